The molecule has 284 valence electrons. The van der Waals surface area contributed by atoms with Crippen molar-refractivity contribution in [1.82, 2.24) is 0 Å². The fraction of sp³-hybridized carbons (Fsp3) is 0.103. The fourth-order valence-electron chi connectivity index (χ4n) is 9.57. The molecule has 0 N–H and O–H groups in total. The van der Waals surface area contributed by atoms with Crippen LogP contribution in [-0.4, -0.2) is 0 Å². The Morgan fingerprint density at radius 1 is 0.390 bits per heavy atom. The minimum absolute atomic E-state index is 0.175. The number of fused-ring (bicyclic) bond motifs is 2. The van der Waals surface area contributed by atoms with Gasteiger partial charge in [-0.25, -0.2) is 0 Å². The number of hydrogen-bond donors (Lipinski definition) is 0. The summed E-state index contributed by atoms with van der Waals surface area (Å²) in [5.74, 6) is 0. The Kier molecular flexibility index (Phi) is 9.11. The van der Waals surface area contributed by atoms with Crippen LogP contribution in [0.3, 0.4) is 0 Å². The van der Waals surface area contributed by atoms with Crippen molar-refractivity contribution < 1.29 is 0 Å². The summed E-state index contributed by atoms with van der Waals surface area (Å²) in [6, 6.07) is 75.2. The Labute approximate surface area is 349 Å². The molecule has 1 heteroatoms. The number of anilines is 3. The van der Waals surface area contributed by atoms with E-state index in [1.807, 2.05) is 0 Å². The van der Waals surface area contributed by atoms with Crippen LogP contribution in [0.15, 0.2) is 224 Å². The maximum Gasteiger partial charge on any atom is 0.0540 e. The lowest BCUT2D eigenvalue weighted by atomic mass is 9.66. The summed E-state index contributed by atoms with van der Waals surface area (Å²) in [5.41, 5.74) is 19.9. The molecule has 8 aromatic rings. The molecule has 10 rings (SSSR count). The summed E-state index contributed by atoms with van der Waals surface area (Å²) in [5, 5.41) is 0. The zero-order chi connectivity index (χ0) is 40.0. The Morgan fingerprint density at radius 2 is 0.898 bits per heavy atom. The number of para-hydroxylation sites is 1. The minimum Gasteiger partial charge on any atom is -0.310 e. The Hall–Kier alpha value is -6.96. The van der Waals surface area contributed by atoms with E-state index in [0.717, 1.165) is 23.5 Å². The normalized spacial score (nSPS) is 16.4. The number of allylic oxidation sites excluding steroid dienone is 4. The molecule has 2 aliphatic rings. The molecule has 1 unspecified atom stereocenters. The van der Waals surface area contributed by atoms with Gasteiger partial charge in [0.15, 0.2) is 0 Å². The first-order valence-electron chi connectivity index (χ1n) is 20.8. The van der Waals surface area contributed by atoms with Gasteiger partial charge in [-0.05, 0) is 104 Å². The molecule has 1 atom stereocenters. The molecule has 0 fully saturated rings. The first-order chi connectivity index (χ1) is 28.9. The molecule has 0 radical (unpaired) electrons. The summed E-state index contributed by atoms with van der Waals surface area (Å²) in [6.45, 7) is 7.30. The van der Waals surface area contributed by atoms with Crippen LogP contribution in [0.2, 0.25) is 0 Å². The topological polar surface area (TPSA) is 3.24 Å². The molecule has 0 heterocycles. The maximum absolute atomic E-state index is 2.48. The molecule has 2 aliphatic carbocycles. The number of hydrogen-bond acceptors (Lipinski definition) is 1. The van der Waals surface area contributed by atoms with Crippen molar-refractivity contribution in [1.29, 1.82) is 0 Å². The molecule has 0 aliphatic heterocycles. The second-order valence-electron chi connectivity index (χ2n) is 16.8. The van der Waals surface area contributed by atoms with Crippen LogP contribution in [0, 0.1) is 0 Å². The number of nitrogens with zero attached hydrogens (tertiary/aromatic N) is 1. The standard InChI is InChI=1S/C58H47N/c1-57(2)54-39-48(59(47-31-28-43(29-32-47)41-18-8-4-9-19-41)56-27-17-16-26-49(56)44-22-12-6-13-23-44)33-34-50(54)51-36-37-58(3,40-55(51)57)53-35-30-46(42-20-10-5-11-21-42)38-52(53)45-24-14-7-15-25-45/h4-39H,40H2,1-3H3. The molecular formula is C58H47N. The molecule has 0 amide bonds. The van der Waals surface area contributed by atoms with E-state index in [1.165, 1.54) is 72.3 Å². The van der Waals surface area contributed by atoms with Gasteiger partial charge in [-0.2, -0.15) is 0 Å². The van der Waals surface area contributed by atoms with Crippen molar-refractivity contribution in [3.05, 3.63) is 241 Å². The first-order valence-corrected chi connectivity index (χ1v) is 20.8. The summed E-state index contributed by atoms with van der Waals surface area (Å²) >= 11 is 0. The smallest absolute Gasteiger partial charge is 0.0540 e. The quantitative estimate of drug-likeness (QED) is 0.149. The largest absolute Gasteiger partial charge is 0.310 e. The molecule has 0 saturated heterocycles. The molecule has 0 bridgehead atoms. The van der Waals surface area contributed by atoms with E-state index in [9.17, 15) is 0 Å². The van der Waals surface area contributed by atoms with Gasteiger partial charge in [-0.15, -0.1) is 0 Å². The molecular weight excluding hydrogens is 711 g/mol. The maximum atomic E-state index is 2.48. The lowest BCUT2D eigenvalue weighted by Gasteiger charge is -2.37. The van der Waals surface area contributed by atoms with E-state index in [4.69, 9.17) is 0 Å². The van der Waals surface area contributed by atoms with E-state index < -0.39 is 0 Å². The summed E-state index contributed by atoms with van der Waals surface area (Å²) in [7, 11) is 0. The highest BCUT2D eigenvalue weighted by Crippen LogP contribution is 2.56. The van der Waals surface area contributed by atoms with Crippen LogP contribution in [0.4, 0.5) is 17.1 Å². The van der Waals surface area contributed by atoms with Crippen LogP contribution in [0.5, 0.6) is 0 Å². The molecule has 8 aromatic carbocycles. The van der Waals surface area contributed by atoms with E-state index >= 15 is 0 Å². The van der Waals surface area contributed by atoms with Gasteiger partial charge in [0.2, 0.25) is 0 Å². The third kappa shape index (κ3) is 6.54. The second-order valence-corrected chi connectivity index (χ2v) is 16.8. The average Bonchev–Trinajstić information content (AvgIpc) is 3.52. The zero-order valence-electron chi connectivity index (χ0n) is 33.9. The van der Waals surface area contributed by atoms with Gasteiger partial charge in [-0.1, -0.05) is 208 Å². The first kappa shape index (κ1) is 36.4. The van der Waals surface area contributed by atoms with Crippen molar-refractivity contribution in [3.8, 4) is 44.5 Å². The summed E-state index contributed by atoms with van der Waals surface area (Å²) in [4.78, 5) is 2.45. The van der Waals surface area contributed by atoms with E-state index in [2.05, 4.69) is 244 Å². The van der Waals surface area contributed by atoms with Gasteiger partial charge in [0.25, 0.3) is 0 Å². The van der Waals surface area contributed by atoms with Gasteiger partial charge in [0, 0.05) is 27.8 Å². The van der Waals surface area contributed by atoms with Crippen molar-refractivity contribution in [2.45, 2.75) is 38.0 Å². The SMILES string of the molecule is CC1(c2ccc(-c3ccccc3)cc2-c2ccccc2)C=CC2=C(C1)C(C)(C)c1cc(N(c3ccc(-c4ccccc4)cc3)c3ccccc3-c3ccccc3)ccc12. The average molecular weight is 758 g/mol. The lowest BCUT2D eigenvalue weighted by Crippen LogP contribution is -2.28. The van der Waals surface area contributed by atoms with Crippen molar-refractivity contribution in [2.75, 3.05) is 4.90 Å². The Balaban J connectivity index is 1.05. The van der Waals surface area contributed by atoms with Crippen LogP contribution in [-0.2, 0) is 10.8 Å². The van der Waals surface area contributed by atoms with Crippen LogP contribution >= 0.6 is 0 Å². The molecule has 0 saturated carbocycles. The predicted octanol–water partition coefficient (Wildman–Crippen LogP) is 15.8. The Bertz CT molecular complexity index is 2850. The third-order valence-electron chi connectivity index (χ3n) is 12.8. The monoisotopic (exact) mass is 757 g/mol. The highest BCUT2D eigenvalue weighted by Gasteiger charge is 2.43. The molecule has 1 nitrogen and oxygen atoms in total. The lowest BCUT2D eigenvalue weighted by molar-refractivity contribution is 0.514. The van der Waals surface area contributed by atoms with Crippen molar-refractivity contribution in [2.24, 2.45) is 0 Å². The third-order valence-corrected chi connectivity index (χ3v) is 12.8. The molecule has 0 spiro atoms. The van der Waals surface area contributed by atoms with Crippen molar-refractivity contribution in [3.63, 3.8) is 0 Å². The van der Waals surface area contributed by atoms with E-state index in [0.29, 0.717) is 0 Å². The summed E-state index contributed by atoms with van der Waals surface area (Å²) in [6.07, 6.45) is 5.85. The van der Waals surface area contributed by atoms with Crippen LogP contribution in [0.1, 0.15) is 43.9 Å². The van der Waals surface area contributed by atoms with Gasteiger partial charge in [0.05, 0.1) is 5.69 Å². The Morgan fingerprint density at radius 3 is 1.54 bits per heavy atom. The highest BCUT2D eigenvalue weighted by atomic mass is 15.1. The second kappa shape index (κ2) is 14.8. The fourth-order valence-corrected chi connectivity index (χ4v) is 9.57. The molecule has 59 heavy (non-hydrogen) atoms. The highest BCUT2D eigenvalue weighted by molar-refractivity contribution is 5.93. The van der Waals surface area contributed by atoms with Crippen LogP contribution in [0.25, 0.3) is 50.1 Å². The predicted molar refractivity (Wildman–Crippen MR) is 250 cm³/mol. The zero-order valence-corrected chi connectivity index (χ0v) is 33.9. The summed E-state index contributed by atoms with van der Waals surface area (Å²) < 4.78 is 0. The van der Waals surface area contributed by atoms with Gasteiger partial charge >= 0.3 is 0 Å². The van der Waals surface area contributed by atoms with E-state index in [-0.39, 0.29) is 10.8 Å². The van der Waals surface area contributed by atoms with E-state index in [1.54, 1.807) is 0 Å². The number of rotatable bonds is 8. The van der Waals surface area contributed by atoms with Gasteiger partial charge in [-0.3, -0.25) is 0 Å². The van der Waals surface area contributed by atoms with Gasteiger partial charge < -0.3 is 4.90 Å². The van der Waals surface area contributed by atoms with Crippen LogP contribution < -0.4 is 4.90 Å². The minimum atomic E-state index is -0.192. The number of benzene rings is 8. The van der Waals surface area contributed by atoms with Gasteiger partial charge in [0.1, 0.15) is 0 Å². The van der Waals surface area contributed by atoms with Crippen molar-refractivity contribution >= 4 is 22.6 Å². The molecule has 0 aromatic heterocycles.